The number of hydrogen-bond acceptors (Lipinski definition) is 8. The summed E-state index contributed by atoms with van der Waals surface area (Å²) in [5.41, 5.74) is 4.85. The van der Waals surface area contributed by atoms with Crippen LogP contribution in [0.25, 0.3) is 33.4 Å². The molecule has 1 saturated heterocycles. The minimum absolute atomic E-state index is 0.00585. The van der Waals surface area contributed by atoms with Crippen LogP contribution in [0.4, 0.5) is 5.69 Å². The zero-order valence-corrected chi connectivity index (χ0v) is 24.9. The van der Waals surface area contributed by atoms with E-state index >= 15 is 0 Å². The Labute approximate surface area is 248 Å². The Kier molecular flexibility index (Phi) is 8.29. The van der Waals surface area contributed by atoms with Crippen molar-refractivity contribution in [3.05, 3.63) is 70.1 Å². The quantitative estimate of drug-likeness (QED) is 0.182. The highest BCUT2D eigenvalue weighted by atomic mass is 16.7. The second kappa shape index (κ2) is 12.1. The highest BCUT2D eigenvalue weighted by Crippen LogP contribution is 2.44. The number of rotatable bonds is 8. The van der Waals surface area contributed by atoms with E-state index < -0.39 is 23.8 Å². The SMILES string of the molecule is CCNc1cc2oc3cc(=[NH+]CC)c(C)cc-3c(-c3c(C(=O)OCC)cccc3C(=O)ON3C(=O)CCC3=O)c2cc1C. The molecular formula is C33H34N3O7+. The number of nitrogens with one attached hydrogen (secondary N) is 2. The lowest BCUT2D eigenvalue weighted by Gasteiger charge is -2.21. The summed E-state index contributed by atoms with van der Waals surface area (Å²) in [6, 6.07) is 12.3. The molecule has 2 aliphatic heterocycles. The fraction of sp³-hybridized carbons (Fsp3) is 0.303. The van der Waals surface area contributed by atoms with Gasteiger partial charge in [-0.2, -0.15) is 0 Å². The number of anilines is 1. The first-order valence-corrected chi connectivity index (χ1v) is 14.4. The number of imide groups is 1. The Balaban J connectivity index is 1.89. The molecule has 43 heavy (non-hydrogen) atoms. The lowest BCUT2D eigenvalue weighted by Crippen LogP contribution is -2.76. The van der Waals surface area contributed by atoms with E-state index in [1.165, 1.54) is 6.07 Å². The summed E-state index contributed by atoms with van der Waals surface area (Å²) in [6.45, 7) is 11.1. The number of fused-ring (bicyclic) bond motifs is 2. The molecule has 2 aromatic carbocycles. The average molecular weight is 585 g/mol. The van der Waals surface area contributed by atoms with Crippen LogP contribution in [0.3, 0.4) is 0 Å². The second-order valence-corrected chi connectivity index (χ2v) is 10.3. The van der Waals surface area contributed by atoms with Crippen molar-refractivity contribution in [3.63, 3.8) is 0 Å². The van der Waals surface area contributed by atoms with E-state index in [4.69, 9.17) is 14.0 Å². The van der Waals surface area contributed by atoms with Crippen LogP contribution in [-0.2, 0) is 19.2 Å². The Morgan fingerprint density at radius 1 is 0.930 bits per heavy atom. The summed E-state index contributed by atoms with van der Waals surface area (Å²) in [5.74, 6) is -2.26. The third kappa shape index (κ3) is 5.48. The Hall–Kier alpha value is -4.99. The molecular weight excluding hydrogens is 550 g/mol. The molecule has 0 atom stereocenters. The standard InChI is InChI=1S/C33H33N3O7/c1-6-34-24-16-26-22(14-18(24)4)31(23-15-19(5)25(35-7-2)17-27(23)42-26)30-20(32(39)41-8-3)10-9-11-21(30)33(40)43-36-28(37)12-13-29(36)38/h9-11,14-17,34H,6-8,12-13H2,1-5H3/p+1. The Bertz CT molecular complexity index is 1810. The molecule has 5 rings (SSSR count). The van der Waals surface area contributed by atoms with Crippen LogP contribution in [0.5, 0.6) is 0 Å². The summed E-state index contributed by atoms with van der Waals surface area (Å²) < 4.78 is 11.9. The first-order valence-electron chi connectivity index (χ1n) is 14.4. The molecule has 1 fully saturated rings. The first-order chi connectivity index (χ1) is 20.7. The molecule has 2 amide bonds. The van der Waals surface area contributed by atoms with Crippen LogP contribution < -0.4 is 15.7 Å². The minimum atomic E-state index is -0.950. The topological polar surface area (TPSA) is 129 Å². The van der Waals surface area contributed by atoms with Crippen LogP contribution in [0.15, 0.2) is 46.9 Å². The van der Waals surface area contributed by atoms with Gasteiger partial charge < -0.3 is 19.3 Å². The van der Waals surface area contributed by atoms with E-state index in [0.29, 0.717) is 46.0 Å². The van der Waals surface area contributed by atoms with Gasteiger partial charge in [-0.1, -0.05) is 6.07 Å². The summed E-state index contributed by atoms with van der Waals surface area (Å²) in [5, 5.41) is 5.39. The molecule has 2 heterocycles. The van der Waals surface area contributed by atoms with Gasteiger partial charge in [0.2, 0.25) is 5.36 Å². The molecule has 2 aromatic rings. The monoisotopic (exact) mass is 584 g/mol. The van der Waals surface area contributed by atoms with Gasteiger partial charge in [0.05, 0.1) is 23.8 Å². The van der Waals surface area contributed by atoms with Gasteiger partial charge in [0.15, 0.2) is 0 Å². The van der Waals surface area contributed by atoms with E-state index in [2.05, 4.69) is 10.3 Å². The van der Waals surface area contributed by atoms with Crippen molar-refractivity contribution in [1.29, 1.82) is 0 Å². The smallest absolute Gasteiger partial charge is 0.364 e. The second-order valence-electron chi connectivity index (χ2n) is 10.3. The molecule has 10 nitrogen and oxygen atoms in total. The van der Waals surface area contributed by atoms with Crippen molar-refractivity contribution in [1.82, 2.24) is 5.06 Å². The molecule has 0 spiro atoms. The average Bonchev–Trinajstić information content (AvgIpc) is 3.29. The lowest BCUT2D eigenvalue weighted by molar-refractivity contribution is -0.496. The normalized spacial score (nSPS) is 13.7. The summed E-state index contributed by atoms with van der Waals surface area (Å²) in [6.07, 6.45) is -0.0871. The Morgan fingerprint density at radius 2 is 1.63 bits per heavy atom. The van der Waals surface area contributed by atoms with Crippen molar-refractivity contribution in [2.24, 2.45) is 0 Å². The maximum Gasteiger partial charge on any atom is 0.364 e. The van der Waals surface area contributed by atoms with Crippen LogP contribution in [0.1, 0.15) is 65.5 Å². The zero-order chi connectivity index (χ0) is 30.8. The van der Waals surface area contributed by atoms with E-state index in [-0.39, 0.29) is 36.1 Å². The molecule has 222 valence electrons. The van der Waals surface area contributed by atoms with Gasteiger partial charge in [-0.05, 0) is 64.4 Å². The number of aryl methyl sites for hydroxylation is 2. The number of hydroxylamine groups is 2. The van der Waals surface area contributed by atoms with Crippen molar-refractivity contribution >= 4 is 40.4 Å². The Morgan fingerprint density at radius 3 is 2.28 bits per heavy atom. The van der Waals surface area contributed by atoms with E-state index in [1.807, 2.05) is 52.0 Å². The van der Waals surface area contributed by atoms with Gasteiger partial charge in [0.25, 0.3) is 11.8 Å². The third-order valence-electron chi connectivity index (χ3n) is 7.36. The maximum atomic E-state index is 13.7. The van der Waals surface area contributed by atoms with Crippen LogP contribution in [0.2, 0.25) is 0 Å². The largest absolute Gasteiger partial charge is 0.462 e. The lowest BCUT2D eigenvalue weighted by atomic mass is 9.86. The number of esters is 1. The van der Waals surface area contributed by atoms with Gasteiger partial charge in [0.1, 0.15) is 17.9 Å². The van der Waals surface area contributed by atoms with Gasteiger partial charge in [-0.3, -0.25) is 9.59 Å². The van der Waals surface area contributed by atoms with Crippen molar-refractivity contribution in [3.8, 4) is 22.5 Å². The highest BCUT2D eigenvalue weighted by Gasteiger charge is 2.35. The molecule has 1 aliphatic carbocycles. The molecule has 2 N–H and O–H groups in total. The number of benzene rings is 3. The number of hydrogen-bond donors (Lipinski definition) is 2. The fourth-order valence-corrected chi connectivity index (χ4v) is 5.39. The minimum Gasteiger partial charge on any atom is -0.462 e. The van der Waals surface area contributed by atoms with E-state index in [0.717, 1.165) is 22.2 Å². The molecule has 0 unspecified atom stereocenters. The van der Waals surface area contributed by atoms with E-state index in [9.17, 15) is 19.2 Å². The number of carbonyl (C=O) groups is 4. The van der Waals surface area contributed by atoms with Gasteiger partial charge in [0, 0.05) is 58.8 Å². The summed E-state index contributed by atoms with van der Waals surface area (Å²) in [7, 11) is 0. The van der Waals surface area contributed by atoms with Crippen LogP contribution in [0, 0.1) is 13.8 Å². The zero-order valence-electron chi connectivity index (χ0n) is 24.9. The number of nitrogens with zero attached hydrogens (tertiary/aromatic N) is 1. The van der Waals surface area contributed by atoms with Gasteiger partial charge >= 0.3 is 11.9 Å². The molecule has 10 heteroatoms. The third-order valence-corrected chi connectivity index (χ3v) is 7.36. The summed E-state index contributed by atoms with van der Waals surface area (Å²) >= 11 is 0. The predicted molar refractivity (Wildman–Crippen MR) is 159 cm³/mol. The number of ether oxygens (including phenoxy) is 1. The highest BCUT2D eigenvalue weighted by molar-refractivity contribution is 6.14. The number of amides is 2. The van der Waals surface area contributed by atoms with Crippen molar-refractivity contribution < 1.29 is 38.2 Å². The van der Waals surface area contributed by atoms with Crippen molar-refractivity contribution in [2.45, 2.75) is 47.5 Å². The number of carbonyl (C=O) groups excluding carboxylic acids is 4. The first kappa shape index (κ1) is 29.5. The molecule has 3 aliphatic rings. The predicted octanol–water partition coefficient (Wildman–Crippen LogP) is 3.65. The fourth-order valence-electron chi connectivity index (χ4n) is 5.39. The summed E-state index contributed by atoms with van der Waals surface area (Å²) in [4.78, 5) is 60.4. The van der Waals surface area contributed by atoms with Gasteiger partial charge in [-0.15, -0.1) is 5.06 Å². The van der Waals surface area contributed by atoms with Crippen LogP contribution in [-0.4, -0.2) is 48.5 Å². The van der Waals surface area contributed by atoms with Gasteiger partial charge in [-0.25, -0.2) is 14.6 Å². The maximum absolute atomic E-state index is 13.7. The molecule has 0 bridgehead atoms. The molecule has 0 aromatic heterocycles. The van der Waals surface area contributed by atoms with E-state index in [1.54, 1.807) is 19.1 Å². The molecule has 0 saturated carbocycles. The van der Waals surface area contributed by atoms with Crippen molar-refractivity contribution in [2.75, 3.05) is 25.0 Å². The van der Waals surface area contributed by atoms with Crippen LogP contribution >= 0.6 is 0 Å². The molecule has 0 radical (unpaired) electrons.